The highest BCUT2D eigenvalue weighted by Gasteiger charge is 2.38. The molecule has 4 rings (SSSR count). The SMILES string of the molecule is CC(=O)N1CCN(c2ccc(Cl)c(Cl)c2)C(C2OCCc3cc(Br)ccc32)C1. The van der Waals surface area contributed by atoms with Crippen LogP contribution in [-0.4, -0.2) is 43.1 Å². The Kier molecular flexibility index (Phi) is 5.88. The van der Waals surface area contributed by atoms with Gasteiger partial charge in [-0.2, -0.15) is 0 Å². The monoisotopic (exact) mass is 482 g/mol. The lowest BCUT2D eigenvalue weighted by Crippen LogP contribution is -2.57. The molecule has 0 aliphatic carbocycles. The molecule has 2 heterocycles. The van der Waals surface area contributed by atoms with Crippen LogP contribution in [0.2, 0.25) is 10.0 Å². The molecule has 1 saturated heterocycles. The number of benzene rings is 2. The van der Waals surface area contributed by atoms with Crippen molar-refractivity contribution in [2.45, 2.75) is 25.5 Å². The summed E-state index contributed by atoms with van der Waals surface area (Å²) >= 11 is 16.0. The van der Waals surface area contributed by atoms with Gasteiger partial charge in [-0.25, -0.2) is 0 Å². The van der Waals surface area contributed by atoms with Crippen molar-refractivity contribution in [2.75, 3.05) is 31.1 Å². The first-order chi connectivity index (χ1) is 13.4. The van der Waals surface area contributed by atoms with E-state index in [1.54, 1.807) is 6.92 Å². The normalized spacial score (nSPS) is 22.1. The zero-order chi connectivity index (χ0) is 19.8. The third kappa shape index (κ3) is 3.90. The van der Waals surface area contributed by atoms with E-state index >= 15 is 0 Å². The lowest BCUT2D eigenvalue weighted by molar-refractivity contribution is -0.130. The molecular formula is C21H21BrCl2N2O2. The van der Waals surface area contributed by atoms with E-state index in [4.69, 9.17) is 27.9 Å². The van der Waals surface area contributed by atoms with Crippen molar-refractivity contribution < 1.29 is 9.53 Å². The number of nitrogens with zero attached hydrogens (tertiary/aromatic N) is 2. The van der Waals surface area contributed by atoms with E-state index in [2.05, 4.69) is 39.0 Å². The van der Waals surface area contributed by atoms with Crippen LogP contribution in [0.3, 0.4) is 0 Å². The predicted molar refractivity (Wildman–Crippen MR) is 116 cm³/mol. The zero-order valence-electron chi connectivity index (χ0n) is 15.5. The van der Waals surface area contributed by atoms with Crippen molar-refractivity contribution >= 4 is 50.7 Å². The summed E-state index contributed by atoms with van der Waals surface area (Å²) in [5.41, 5.74) is 3.48. The molecule has 4 nitrogen and oxygen atoms in total. The molecule has 0 aromatic heterocycles. The molecule has 2 aromatic carbocycles. The van der Waals surface area contributed by atoms with Gasteiger partial charge in [-0.15, -0.1) is 0 Å². The molecule has 2 aromatic rings. The number of piperazine rings is 1. The summed E-state index contributed by atoms with van der Waals surface area (Å²) in [6.45, 7) is 4.29. The second-order valence-electron chi connectivity index (χ2n) is 7.21. The average molecular weight is 484 g/mol. The first-order valence-corrected chi connectivity index (χ1v) is 10.9. The summed E-state index contributed by atoms with van der Waals surface area (Å²) in [6.07, 6.45) is 0.773. The highest BCUT2D eigenvalue weighted by Crippen LogP contribution is 2.38. The van der Waals surface area contributed by atoms with Crippen molar-refractivity contribution in [2.24, 2.45) is 0 Å². The number of halogens is 3. The van der Waals surface area contributed by atoms with Gasteiger partial charge < -0.3 is 14.5 Å². The highest BCUT2D eigenvalue weighted by atomic mass is 79.9. The predicted octanol–water partition coefficient (Wildman–Crippen LogP) is 5.11. The van der Waals surface area contributed by atoms with E-state index in [1.807, 2.05) is 23.1 Å². The van der Waals surface area contributed by atoms with Crippen LogP contribution in [0.1, 0.15) is 24.2 Å². The van der Waals surface area contributed by atoms with Gasteiger partial charge in [0.15, 0.2) is 0 Å². The van der Waals surface area contributed by atoms with Gasteiger partial charge in [-0.3, -0.25) is 4.79 Å². The Labute approximate surface area is 183 Å². The number of carbonyl (C=O) groups excluding carboxylic acids is 1. The zero-order valence-corrected chi connectivity index (χ0v) is 18.6. The molecule has 2 aliphatic heterocycles. The Bertz CT molecular complexity index is 908. The molecule has 2 atom stereocenters. The number of anilines is 1. The molecule has 0 saturated carbocycles. The Morgan fingerprint density at radius 1 is 1.14 bits per heavy atom. The molecule has 1 fully saturated rings. The van der Waals surface area contributed by atoms with Crippen LogP contribution in [0.15, 0.2) is 40.9 Å². The molecule has 1 amide bonds. The van der Waals surface area contributed by atoms with Crippen LogP contribution in [0.5, 0.6) is 0 Å². The minimum atomic E-state index is -0.117. The number of amides is 1. The van der Waals surface area contributed by atoms with Crippen LogP contribution in [-0.2, 0) is 16.0 Å². The third-order valence-corrected chi connectivity index (χ3v) is 6.76. The van der Waals surface area contributed by atoms with Crippen LogP contribution < -0.4 is 4.90 Å². The molecule has 0 N–H and O–H groups in total. The van der Waals surface area contributed by atoms with Crippen molar-refractivity contribution in [3.05, 3.63) is 62.0 Å². The maximum absolute atomic E-state index is 12.1. The number of hydrogen-bond acceptors (Lipinski definition) is 3. The average Bonchev–Trinajstić information content (AvgIpc) is 2.69. The van der Waals surface area contributed by atoms with Crippen molar-refractivity contribution in [3.8, 4) is 0 Å². The fraction of sp³-hybridized carbons (Fsp3) is 0.381. The van der Waals surface area contributed by atoms with Crippen molar-refractivity contribution in [1.82, 2.24) is 4.90 Å². The number of carbonyl (C=O) groups is 1. The molecule has 2 unspecified atom stereocenters. The Morgan fingerprint density at radius 2 is 1.96 bits per heavy atom. The summed E-state index contributed by atoms with van der Waals surface area (Å²) in [6, 6.07) is 12.0. The Balaban J connectivity index is 1.73. The van der Waals surface area contributed by atoms with Gasteiger partial charge in [0.1, 0.15) is 6.10 Å². The van der Waals surface area contributed by atoms with Gasteiger partial charge in [-0.1, -0.05) is 45.2 Å². The highest BCUT2D eigenvalue weighted by molar-refractivity contribution is 9.10. The third-order valence-electron chi connectivity index (χ3n) is 5.53. The van der Waals surface area contributed by atoms with E-state index in [9.17, 15) is 4.79 Å². The number of fused-ring (bicyclic) bond motifs is 1. The van der Waals surface area contributed by atoms with Gasteiger partial charge in [-0.05, 0) is 47.9 Å². The van der Waals surface area contributed by atoms with Crippen LogP contribution >= 0.6 is 39.1 Å². The summed E-state index contributed by atoms with van der Waals surface area (Å²) in [5.74, 6) is 0.0885. The van der Waals surface area contributed by atoms with E-state index in [1.165, 1.54) is 11.1 Å². The second kappa shape index (κ2) is 8.23. The standard InChI is InChI=1S/C21H21BrCl2N2O2/c1-13(27)25-7-8-26(16-3-5-18(23)19(24)11-16)20(12-25)21-17-4-2-15(22)10-14(17)6-9-28-21/h2-5,10-11,20-21H,6-9,12H2,1H3. The maximum Gasteiger partial charge on any atom is 0.219 e. The van der Waals surface area contributed by atoms with Gasteiger partial charge in [0, 0.05) is 36.7 Å². The fourth-order valence-corrected chi connectivity index (χ4v) is 4.81. The minimum Gasteiger partial charge on any atom is -0.371 e. The smallest absolute Gasteiger partial charge is 0.219 e. The lowest BCUT2D eigenvalue weighted by Gasteiger charge is -2.47. The quantitative estimate of drug-likeness (QED) is 0.595. The summed E-state index contributed by atoms with van der Waals surface area (Å²) in [5, 5.41) is 1.06. The maximum atomic E-state index is 12.1. The number of rotatable bonds is 2. The number of hydrogen-bond donors (Lipinski definition) is 0. The van der Waals surface area contributed by atoms with E-state index in [0.717, 1.165) is 16.6 Å². The lowest BCUT2D eigenvalue weighted by atomic mass is 9.91. The Hall–Kier alpha value is -1.27. The van der Waals surface area contributed by atoms with E-state index in [-0.39, 0.29) is 18.1 Å². The number of ether oxygens (including phenoxy) is 1. The summed E-state index contributed by atoms with van der Waals surface area (Å²) < 4.78 is 7.34. The molecule has 0 bridgehead atoms. The molecular weight excluding hydrogens is 463 g/mol. The van der Waals surface area contributed by atoms with E-state index in [0.29, 0.717) is 36.3 Å². The molecule has 148 valence electrons. The molecule has 0 radical (unpaired) electrons. The first kappa shape index (κ1) is 20.0. The van der Waals surface area contributed by atoms with Crippen molar-refractivity contribution in [3.63, 3.8) is 0 Å². The van der Waals surface area contributed by atoms with Gasteiger partial charge >= 0.3 is 0 Å². The van der Waals surface area contributed by atoms with Crippen LogP contribution in [0.4, 0.5) is 5.69 Å². The summed E-state index contributed by atoms with van der Waals surface area (Å²) in [7, 11) is 0. The van der Waals surface area contributed by atoms with E-state index < -0.39 is 0 Å². The van der Waals surface area contributed by atoms with Crippen LogP contribution in [0, 0.1) is 0 Å². The van der Waals surface area contributed by atoms with Gasteiger partial charge in [0.2, 0.25) is 5.91 Å². The minimum absolute atomic E-state index is 0.00452. The topological polar surface area (TPSA) is 32.8 Å². The van der Waals surface area contributed by atoms with Gasteiger partial charge in [0.25, 0.3) is 0 Å². The summed E-state index contributed by atoms with van der Waals surface area (Å²) in [4.78, 5) is 16.3. The Morgan fingerprint density at radius 3 is 2.71 bits per heavy atom. The van der Waals surface area contributed by atoms with Crippen molar-refractivity contribution in [1.29, 1.82) is 0 Å². The fourth-order valence-electron chi connectivity index (χ4n) is 4.11. The first-order valence-electron chi connectivity index (χ1n) is 9.31. The van der Waals surface area contributed by atoms with Crippen LogP contribution in [0.25, 0.3) is 0 Å². The molecule has 2 aliphatic rings. The second-order valence-corrected chi connectivity index (χ2v) is 8.94. The largest absolute Gasteiger partial charge is 0.371 e. The molecule has 28 heavy (non-hydrogen) atoms. The molecule has 0 spiro atoms. The van der Waals surface area contributed by atoms with Gasteiger partial charge in [0.05, 0.1) is 22.7 Å². The molecule has 7 heteroatoms.